The average Bonchev–Trinajstić information content (AvgIpc) is 2.51. The Morgan fingerprint density at radius 2 is 2.05 bits per heavy atom. The average molecular weight is 386 g/mol. The van der Waals surface area contributed by atoms with Gasteiger partial charge in [-0.2, -0.15) is 0 Å². The standard InChI is InChI=1S/C17H24BrNO2S/c1-13-4-2-3-5-16(13)19-17(20)12-22-11-10-21-15-8-6-14(18)7-9-15/h6-9,13,16H,2-5,10-12H2,1H3,(H,19,20)/t13-,16+/m1/s1. The first kappa shape index (κ1) is 17.7. The van der Waals surface area contributed by atoms with Gasteiger partial charge in [0.05, 0.1) is 12.4 Å². The van der Waals surface area contributed by atoms with Crippen LogP contribution < -0.4 is 10.1 Å². The van der Waals surface area contributed by atoms with E-state index in [2.05, 4.69) is 28.2 Å². The minimum absolute atomic E-state index is 0.160. The fourth-order valence-corrected chi connectivity index (χ4v) is 3.57. The van der Waals surface area contributed by atoms with Gasteiger partial charge in [0, 0.05) is 16.3 Å². The van der Waals surface area contributed by atoms with Gasteiger partial charge < -0.3 is 10.1 Å². The first-order chi connectivity index (χ1) is 10.6. The van der Waals surface area contributed by atoms with Gasteiger partial charge >= 0.3 is 0 Å². The van der Waals surface area contributed by atoms with Crippen molar-refractivity contribution in [3.05, 3.63) is 28.7 Å². The summed E-state index contributed by atoms with van der Waals surface area (Å²) in [6.07, 6.45) is 4.91. The zero-order valence-corrected chi connectivity index (χ0v) is 15.4. The summed E-state index contributed by atoms with van der Waals surface area (Å²) in [5, 5.41) is 3.18. The molecule has 1 aromatic carbocycles. The molecule has 0 aromatic heterocycles. The molecule has 0 saturated heterocycles. The van der Waals surface area contributed by atoms with E-state index in [1.807, 2.05) is 24.3 Å². The molecule has 2 atom stereocenters. The molecule has 0 spiro atoms. The zero-order chi connectivity index (χ0) is 15.8. The van der Waals surface area contributed by atoms with Crippen molar-refractivity contribution in [3.8, 4) is 5.75 Å². The van der Waals surface area contributed by atoms with E-state index in [1.165, 1.54) is 19.3 Å². The molecule has 1 amide bonds. The molecule has 1 fully saturated rings. The number of carbonyl (C=O) groups is 1. The topological polar surface area (TPSA) is 38.3 Å². The fourth-order valence-electron chi connectivity index (χ4n) is 2.69. The van der Waals surface area contributed by atoms with Gasteiger partial charge in [0.25, 0.3) is 0 Å². The molecule has 1 aliphatic carbocycles. The van der Waals surface area contributed by atoms with Crippen molar-refractivity contribution in [1.82, 2.24) is 5.32 Å². The summed E-state index contributed by atoms with van der Waals surface area (Å²) in [7, 11) is 0. The van der Waals surface area contributed by atoms with Crippen LogP contribution in [0.3, 0.4) is 0 Å². The van der Waals surface area contributed by atoms with Crippen LogP contribution in [0.5, 0.6) is 5.75 Å². The van der Waals surface area contributed by atoms with E-state index in [0.717, 1.165) is 22.4 Å². The highest BCUT2D eigenvalue weighted by atomic mass is 79.9. The molecule has 5 heteroatoms. The Hall–Kier alpha value is -0.680. The molecule has 1 aromatic rings. The molecule has 2 rings (SSSR count). The summed E-state index contributed by atoms with van der Waals surface area (Å²) in [5.74, 6) is 2.98. The molecular weight excluding hydrogens is 362 g/mol. The van der Waals surface area contributed by atoms with Gasteiger partial charge in [-0.3, -0.25) is 4.79 Å². The highest BCUT2D eigenvalue weighted by molar-refractivity contribution is 9.10. The number of halogens is 1. The lowest BCUT2D eigenvalue weighted by atomic mass is 9.86. The summed E-state index contributed by atoms with van der Waals surface area (Å²) in [5.41, 5.74) is 0. The summed E-state index contributed by atoms with van der Waals surface area (Å²) in [6.45, 7) is 2.86. The quantitative estimate of drug-likeness (QED) is 0.712. The van der Waals surface area contributed by atoms with Gasteiger partial charge in [-0.25, -0.2) is 0 Å². The smallest absolute Gasteiger partial charge is 0.230 e. The maximum atomic E-state index is 11.9. The Labute approximate surface area is 145 Å². The monoisotopic (exact) mass is 385 g/mol. The summed E-state index contributed by atoms with van der Waals surface area (Å²) in [4.78, 5) is 11.9. The minimum Gasteiger partial charge on any atom is -0.493 e. The van der Waals surface area contributed by atoms with Gasteiger partial charge in [-0.1, -0.05) is 35.7 Å². The number of thioether (sulfide) groups is 1. The second-order valence-corrected chi connectivity index (χ2v) is 7.81. The Morgan fingerprint density at radius 3 is 2.77 bits per heavy atom. The molecule has 3 nitrogen and oxygen atoms in total. The van der Waals surface area contributed by atoms with Crippen LogP contribution in [0.2, 0.25) is 0 Å². The van der Waals surface area contributed by atoms with Crippen molar-refractivity contribution in [2.75, 3.05) is 18.1 Å². The molecule has 0 bridgehead atoms. The third-order valence-corrected chi connectivity index (χ3v) is 5.45. The Kier molecular flexibility index (Phi) is 7.60. The predicted molar refractivity (Wildman–Crippen MR) is 96.5 cm³/mol. The molecule has 0 unspecified atom stereocenters. The predicted octanol–water partition coefficient (Wildman–Crippen LogP) is 4.26. The second-order valence-electron chi connectivity index (χ2n) is 5.79. The lowest BCUT2D eigenvalue weighted by Crippen LogP contribution is -2.41. The van der Waals surface area contributed by atoms with Crippen LogP contribution in [0.25, 0.3) is 0 Å². The molecular formula is C17H24BrNO2S. The maximum Gasteiger partial charge on any atom is 0.230 e. The maximum absolute atomic E-state index is 11.9. The number of amides is 1. The van der Waals surface area contributed by atoms with E-state index in [1.54, 1.807) is 11.8 Å². The van der Waals surface area contributed by atoms with Crippen LogP contribution in [0.15, 0.2) is 28.7 Å². The molecule has 0 aliphatic heterocycles. The molecule has 122 valence electrons. The molecule has 1 aliphatic rings. The van der Waals surface area contributed by atoms with Gasteiger partial charge in [0.2, 0.25) is 5.91 Å². The van der Waals surface area contributed by atoms with Gasteiger partial charge in [-0.15, -0.1) is 11.8 Å². The number of hydrogen-bond acceptors (Lipinski definition) is 3. The number of nitrogens with one attached hydrogen (secondary N) is 1. The van der Waals surface area contributed by atoms with Crippen molar-refractivity contribution in [2.45, 2.75) is 38.6 Å². The molecule has 0 heterocycles. The zero-order valence-electron chi connectivity index (χ0n) is 13.0. The van der Waals surface area contributed by atoms with Crippen molar-refractivity contribution in [1.29, 1.82) is 0 Å². The van der Waals surface area contributed by atoms with E-state index < -0.39 is 0 Å². The Balaban J connectivity index is 1.56. The molecule has 1 saturated carbocycles. The number of rotatable bonds is 7. The normalized spacial score (nSPS) is 21.4. The first-order valence-electron chi connectivity index (χ1n) is 7.90. The first-order valence-corrected chi connectivity index (χ1v) is 9.85. The SMILES string of the molecule is C[C@@H]1CCCC[C@@H]1NC(=O)CSCCOc1ccc(Br)cc1. The van der Waals surface area contributed by atoms with Gasteiger partial charge in [0.1, 0.15) is 5.75 Å². The number of benzene rings is 1. The summed E-state index contributed by atoms with van der Waals surface area (Å²) in [6, 6.07) is 8.17. The Bertz CT molecular complexity index is 466. The van der Waals surface area contributed by atoms with Gasteiger partial charge in [-0.05, 0) is 43.0 Å². The minimum atomic E-state index is 0.160. The molecule has 0 radical (unpaired) electrons. The number of carbonyl (C=O) groups excluding carboxylic acids is 1. The second kappa shape index (κ2) is 9.46. The molecule has 1 N–H and O–H groups in total. The fraction of sp³-hybridized carbons (Fsp3) is 0.588. The van der Waals surface area contributed by atoms with Gasteiger partial charge in [0.15, 0.2) is 0 Å². The van der Waals surface area contributed by atoms with E-state index in [9.17, 15) is 4.79 Å². The van der Waals surface area contributed by atoms with Crippen molar-refractivity contribution in [3.63, 3.8) is 0 Å². The Morgan fingerprint density at radius 1 is 1.32 bits per heavy atom. The van der Waals surface area contributed by atoms with Crippen LogP contribution in [-0.2, 0) is 4.79 Å². The summed E-state index contributed by atoms with van der Waals surface area (Å²) >= 11 is 5.02. The number of hydrogen-bond donors (Lipinski definition) is 1. The van der Waals surface area contributed by atoms with Crippen LogP contribution in [0, 0.1) is 5.92 Å². The van der Waals surface area contributed by atoms with Crippen LogP contribution >= 0.6 is 27.7 Å². The van der Waals surface area contributed by atoms with E-state index >= 15 is 0 Å². The lowest BCUT2D eigenvalue weighted by Gasteiger charge is -2.29. The van der Waals surface area contributed by atoms with Crippen LogP contribution in [0.1, 0.15) is 32.6 Å². The largest absolute Gasteiger partial charge is 0.493 e. The summed E-state index contributed by atoms with van der Waals surface area (Å²) < 4.78 is 6.68. The van der Waals surface area contributed by atoms with Crippen molar-refractivity contribution < 1.29 is 9.53 Å². The molecule has 22 heavy (non-hydrogen) atoms. The van der Waals surface area contributed by atoms with Crippen LogP contribution in [-0.4, -0.2) is 30.1 Å². The third-order valence-electron chi connectivity index (χ3n) is 4.00. The van der Waals surface area contributed by atoms with Crippen LogP contribution in [0.4, 0.5) is 0 Å². The van der Waals surface area contributed by atoms with E-state index in [0.29, 0.717) is 24.3 Å². The number of ether oxygens (including phenoxy) is 1. The van der Waals surface area contributed by atoms with Crippen molar-refractivity contribution >= 4 is 33.6 Å². The third kappa shape index (κ3) is 6.21. The van der Waals surface area contributed by atoms with E-state index in [4.69, 9.17) is 4.74 Å². The highest BCUT2D eigenvalue weighted by Gasteiger charge is 2.22. The highest BCUT2D eigenvalue weighted by Crippen LogP contribution is 2.23. The van der Waals surface area contributed by atoms with Crippen molar-refractivity contribution in [2.24, 2.45) is 5.92 Å². The lowest BCUT2D eigenvalue weighted by molar-refractivity contribution is -0.119. The van der Waals surface area contributed by atoms with E-state index in [-0.39, 0.29) is 5.91 Å².